The Morgan fingerprint density at radius 2 is 2.04 bits per heavy atom. The topological polar surface area (TPSA) is 161 Å². The molecule has 0 aromatic rings. The van der Waals surface area contributed by atoms with Crippen LogP contribution in [0.1, 0.15) is 13.8 Å². The van der Waals surface area contributed by atoms with Crippen molar-refractivity contribution in [3.8, 4) is 0 Å². The van der Waals surface area contributed by atoms with Crippen LogP contribution >= 0.6 is 0 Å². The van der Waals surface area contributed by atoms with Gasteiger partial charge in [-0.1, -0.05) is 6.92 Å². The van der Waals surface area contributed by atoms with Gasteiger partial charge in [0.05, 0.1) is 25.4 Å². The minimum atomic E-state index is -3.58. The number of aliphatic imine (C=N–C) groups is 1. The van der Waals surface area contributed by atoms with E-state index in [1.807, 2.05) is 0 Å². The summed E-state index contributed by atoms with van der Waals surface area (Å²) in [6.07, 6.45) is -7.72. The fourth-order valence-electron chi connectivity index (χ4n) is 2.50. The quantitative estimate of drug-likeness (QED) is 0.207. The molecule has 11 heteroatoms. The minimum absolute atomic E-state index is 0.240. The Balaban J connectivity index is 3.27. The van der Waals surface area contributed by atoms with E-state index in [1.54, 1.807) is 0 Å². The number of guanidine groups is 1. The maximum absolute atomic E-state index is 14.9. The van der Waals surface area contributed by atoms with Gasteiger partial charge in [0, 0.05) is 5.92 Å². The van der Waals surface area contributed by atoms with Crippen LogP contribution in [0.25, 0.3) is 0 Å². The average molecular weight is 355 g/mol. The predicted octanol–water partition coefficient (Wildman–Crippen LogP) is -2.06. The Kier molecular flexibility index (Phi) is 6.84. The van der Waals surface area contributed by atoms with Crippen LogP contribution in [0.5, 0.6) is 0 Å². The summed E-state index contributed by atoms with van der Waals surface area (Å²) in [7, 11) is 0. The molecular formula is C13H23F2N3O6. The fourth-order valence-corrected chi connectivity index (χ4v) is 2.50. The van der Waals surface area contributed by atoms with Gasteiger partial charge in [-0.15, -0.1) is 0 Å². The molecule has 1 aliphatic heterocycles. The van der Waals surface area contributed by atoms with E-state index in [1.165, 1.54) is 13.8 Å². The first kappa shape index (κ1) is 20.5. The summed E-state index contributed by atoms with van der Waals surface area (Å²) in [6.45, 7) is 1.62. The van der Waals surface area contributed by atoms with Gasteiger partial charge in [0.25, 0.3) is 0 Å². The van der Waals surface area contributed by atoms with Crippen molar-refractivity contribution in [2.45, 2.75) is 50.2 Å². The number of hydrogen-bond acceptors (Lipinski definition) is 7. The molecular weight excluding hydrogens is 332 g/mol. The van der Waals surface area contributed by atoms with Gasteiger partial charge >= 0.3 is 11.8 Å². The first-order valence-corrected chi connectivity index (χ1v) is 7.33. The highest BCUT2D eigenvalue weighted by Gasteiger charge is 2.62. The molecule has 9 nitrogen and oxygen atoms in total. The maximum Gasteiger partial charge on any atom is 0.375 e. The summed E-state index contributed by atoms with van der Waals surface area (Å²) in [5.74, 6) is -6.81. The molecule has 7 N–H and O–H groups in total. The van der Waals surface area contributed by atoms with Gasteiger partial charge in [-0.05, 0) is 6.92 Å². The van der Waals surface area contributed by atoms with Crippen LogP contribution in [-0.2, 0) is 14.3 Å². The molecule has 0 radical (unpaired) electrons. The van der Waals surface area contributed by atoms with E-state index < -0.39 is 60.8 Å². The molecule has 0 aliphatic carbocycles. The van der Waals surface area contributed by atoms with Gasteiger partial charge in [-0.2, -0.15) is 4.39 Å². The van der Waals surface area contributed by atoms with Crippen molar-refractivity contribution >= 4 is 11.9 Å². The third-order valence-electron chi connectivity index (χ3n) is 3.79. The Morgan fingerprint density at radius 1 is 1.46 bits per heavy atom. The minimum Gasteiger partial charge on any atom is -0.462 e. The molecule has 0 bridgehead atoms. The molecule has 0 saturated carbocycles. The van der Waals surface area contributed by atoms with Crippen LogP contribution in [0.3, 0.4) is 0 Å². The molecule has 1 fully saturated rings. The zero-order valence-corrected chi connectivity index (χ0v) is 13.3. The summed E-state index contributed by atoms with van der Waals surface area (Å²) in [6, 6.07) is -1.58. The first-order chi connectivity index (χ1) is 11.1. The second kappa shape index (κ2) is 8.01. The van der Waals surface area contributed by atoms with Crippen LogP contribution in [-0.4, -0.2) is 76.8 Å². The molecule has 0 aromatic heterocycles. The van der Waals surface area contributed by atoms with E-state index in [4.69, 9.17) is 21.3 Å². The maximum atomic E-state index is 14.9. The van der Waals surface area contributed by atoms with Gasteiger partial charge in [-0.3, -0.25) is 0 Å². The van der Waals surface area contributed by atoms with Gasteiger partial charge in [0.15, 0.2) is 12.1 Å². The van der Waals surface area contributed by atoms with Crippen molar-refractivity contribution in [2.75, 3.05) is 13.2 Å². The third kappa shape index (κ3) is 3.91. The number of nitrogens with zero attached hydrogens (tertiary/aromatic N) is 1. The summed E-state index contributed by atoms with van der Waals surface area (Å²) < 4.78 is 38.8. The number of ether oxygens (including phenoxy) is 2. The normalized spacial score (nSPS) is 35.8. The molecule has 7 atom stereocenters. The van der Waals surface area contributed by atoms with E-state index in [2.05, 4.69) is 9.73 Å². The van der Waals surface area contributed by atoms with E-state index in [0.29, 0.717) is 0 Å². The monoisotopic (exact) mass is 355 g/mol. The van der Waals surface area contributed by atoms with E-state index in [0.717, 1.165) is 0 Å². The number of aliphatic hydroxyl groups excluding tert-OH is 3. The number of aliphatic hydroxyl groups is 3. The standard InChI is InChI=1S/C13H23F2N3O6/c1-3-23-11(22)13(15)10(14)7(18-12(16)17)5(2)9(24-13)8(21)6(20)4-19/h5-10,19-21H,3-4H2,1-2H3,(H4,16,17,18). The molecule has 0 spiro atoms. The number of hydrogen-bond donors (Lipinski definition) is 5. The van der Waals surface area contributed by atoms with Crippen LogP contribution < -0.4 is 11.5 Å². The second-order valence-corrected chi connectivity index (χ2v) is 5.49. The lowest BCUT2D eigenvalue weighted by molar-refractivity contribution is -0.284. The lowest BCUT2D eigenvalue weighted by Gasteiger charge is -2.45. The molecule has 1 aliphatic rings. The predicted molar refractivity (Wildman–Crippen MR) is 78.1 cm³/mol. The molecule has 1 saturated heterocycles. The first-order valence-electron chi connectivity index (χ1n) is 7.33. The Bertz CT molecular complexity index is 479. The summed E-state index contributed by atoms with van der Waals surface area (Å²) >= 11 is 0. The van der Waals surface area contributed by atoms with Gasteiger partial charge in [0.1, 0.15) is 12.2 Å². The highest BCUT2D eigenvalue weighted by Crippen LogP contribution is 2.40. The number of carbonyl (C=O) groups is 1. The number of esters is 1. The van der Waals surface area contributed by atoms with Crippen molar-refractivity contribution < 1.29 is 38.4 Å². The van der Waals surface area contributed by atoms with Crippen LogP contribution in [0.2, 0.25) is 0 Å². The van der Waals surface area contributed by atoms with Gasteiger partial charge in [0.2, 0.25) is 0 Å². The molecule has 1 heterocycles. The van der Waals surface area contributed by atoms with Crippen molar-refractivity contribution in [1.29, 1.82) is 0 Å². The zero-order chi connectivity index (χ0) is 18.7. The summed E-state index contributed by atoms with van der Waals surface area (Å²) in [4.78, 5) is 15.4. The Labute approximate surface area is 137 Å². The Morgan fingerprint density at radius 3 is 2.50 bits per heavy atom. The van der Waals surface area contributed by atoms with Crippen LogP contribution in [0, 0.1) is 5.92 Å². The van der Waals surface area contributed by atoms with Crippen LogP contribution in [0.15, 0.2) is 4.99 Å². The molecule has 0 amide bonds. The van der Waals surface area contributed by atoms with Gasteiger partial charge in [-0.25, -0.2) is 14.2 Å². The van der Waals surface area contributed by atoms with Crippen LogP contribution in [0.4, 0.5) is 8.78 Å². The van der Waals surface area contributed by atoms with Crippen molar-refractivity contribution in [3.05, 3.63) is 0 Å². The molecule has 1 rings (SSSR count). The number of carbonyl (C=O) groups excluding carboxylic acids is 1. The zero-order valence-electron chi connectivity index (χ0n) is 13.3. The SMILES string of the molecule is CCOC(=O)C1(F)OC(C(O)C(O)CO)C(C)C(N=C(N)N)C1F. The molecule has 0 aromatic carbocycles. The Hall–Kier alpha value is -1.56. The highest BCUT2D eigenvalue weighted by molar-refractivity contribution is 5.79. The lowest BCUT2D eigenvalue weighted by Crippen LogP contribution is -2.65. The molecule has 24 heavy (non-hydrogen) atoms. The number of halogens is 2. The highest BCUT2D eigenvalue weighted by atomic mass is 19.2. The number of nitrogens with two attached hydrogens (primary N) is 2. The second-order valence-electron chi connectivity index (χ2n) is 5.49. The summed E-state index contributed by atoms with van der Waals surface area (Å²) in [5, 5.41) is 28.5. The fraction of sp³-hybridized carbons (Fsp3) is 0.846. The van der Waals surface area contributed by atoms with E-state index in [9.17, 15) is 23.8 Å². The number of rotatable bonds is 6. The number of alkyl halides is 2. The van der Waals surface area contributed by atoms with Crippen molar-refractivity contribution in [3.63, 3.8) is 0 Å². The average Bonchev–Trinajstić information content (AvgIpc) is 2.53. The van der Waals surface area contributed by atoms with Gasteiger partial charge < -0.3 is 36.3 Å². The molecule has 140 valence electrons. The summed E-state index contributed by atoms with van der Waals surface area (Å²) in [5.41, 5.74) is 10.4. The van der Waals surface area contributed by atoms with E-state index in [-0.39, 0.29) is 6.61 Å². The smallest absolute Gasteiger partial charge is 0.375 e. The third-order valence-corrected chi connectivity index (χ3v) is 3.79. The van der Waals surface area contributed by atoms with E-state index >= 15 is 0 Å². The molecule has 7 unspecified atom stereocenters. The van der Waals surface area contributed by atoms with Crippen molar-refractivity contribution in [1.82, 2.24) is 0 Å². The van der Waals surface area contributed by atoms with Crippen molar-refractivity contribution in [2.24, 2.45) is 22.4 Å². The largest absolute Gasteiger partial charge is 0.462 e. The lowest BCUT2D eigenvalue weighted by atomic mass is 9.82.